The van der Waals surface area contributed by atoms with Gasteiger partial charge in [0.25, 0.3) is 0 Å². The molecule has 3 nitrogen and oxygen atoms in total. The lowest BCUT2D eigenvalue weighted by molar-refractivity contribution is 0.299. The number of rotatable bonds is 5. The molecule has 0 radical (unpaired) electrons. The van der Waals surface area contributed by atoms with Crippen molar-refractivity contribution in [2.75, 3.05) is 6.61 Å². The van der Waals surface area contributed by atoms with Crippen molar-refractivity contribution < 1.29 is 5.11 Å². The fourth-order valence-corrected chi connectivity index (χ4v) is 3.56. The van der Waals surface area contributed by atoms with Gasteiger partial charge in [-0.15, -0.1) is 0 Å². The fourth-order valence-electron chi connectivity index (χ4n) is 3.56. The molecule has 3 heteroatoms. The first-order valence-corrected chi connectivity index (χ1v) is 11.6. The molecule has 0 unspecified atom stereocenters. The predicted octanol–water partition coefficient (Wildman–Crippen LogP) is 7.41. The van der Waals surface area contributed by atoms with Gasteiger partial charge in [0, 0.05) is 23.6 Å². The highest BCUT2D eigenvalue weighted by atomic mass is 16.2. The summed E-state index contributed by atoms with van der Waals surface area (Å²) in [7, 11) is 0. The first kappa shape index (κ1) is 25.1. The zero-order valence-corrected chi connectivity index (χ0v) is 20.3. The third-order valence-electron chi connectivity index (χ3n) is 5.10. The zero-order valence-electron chi connectivity index (χ0n) is 20.3. The summed E-state index contributed by atoms with van der Waals surface area (Å²) < 4.78 is 2.17. The Morgan fingerprint density at radius 2 is 1.16 bits per heavy atom. The highest BCUT2D eigenvalue weighted by Gasteiger charge is 2.07. The molecule has 0 saturated carbocycles. The lowest BCUT2D eigenvalue weighted by Gasteiger charge is -2.11. The van der Waals surface area contributed by atoms with Gasteiger partial charge in [0.15, 0.2) is 0 Å². The zero-order chi connectivity index (χ0) is 23.5. The van der Waals surface area contributed by atoms with Crippen molar-refractivity contribution in [3.05, 3.63) is 95.8 Å². The second-order valence-electron chi connectivity index (χ2n) is 7.08. The minimum Gasteiger partial charge on any atom is -0.396 e. The maximum Gasteiger partial charge on any atom is 0.137 e. The predicted molar refractivity (Wildman–Crippen MR) is 137 cm³/mol. The summed E-state index contributed by atoms with van der Waals surface area (Å²) >= 11 is 0. The van der Waals surface area contributed by atoms with Gasteiger partial charge in [-0.25, -0.2) is 4.98 Å². The van der Waals surface area contributed by atoms with Gasteiger partial charge in [-0.1, -0.05) is 82.3 Å². The molecular formula is C29H36N2O. The van der Waals surface area contributed by atoms with E-state index in [0.717, 1.165) is 22.6 Å². The van der Waals surface area contributed by atoms with Crippen molar-refractivity contribution in [2.45, 2.75) is 48.0 Å². The molecule has 0 saturated heterocycles. The Bertz CT molecular complexity index is 1060. The van der Waals surface area contributed by atoms with Crippen LogP contribution in [0.3, 0.4) is 0 Å². The van der Waals surface area contributed by atoms with Crippen LogP contribution >= 0.6 is 0 Å². The van der Waals surface area contributed by atoms with Gasteiger partial charge < -0.3 is 9.67 Å². The van der Waals surface area contributed by atoms with Crippen LogP contribution in [0.15, 0.2) is 78.9 Å². The lowest BCUT2D eigenvalue weighted by atomic mass is 10.0. The van der Waals surface area contributed by atoms with E-state index in [0.29, 0.717) is 6.42 Å². The first-order valence-electron chi connectivity index (χ1n) is 11.6. The minimum atomic E-state index is 0.183. The highest BCUT2D eigenvalue weighted by molar-refractivity contribution is 5.69. The molecule has 32 heavy (non-hydrogen) atoms. The first-order chi connectivity index (χ1) is 15.7. The van der Waals surface area contributed by atoms with Crippen LogP contribution in [0.1, 0.15) is 44.6 Å². The van der Waals surface area contributed by atoms with E-state index in [1.54, 1.807) is 0 Å². The van der Waals surface area contributed by atoms with Gasteiger partial charge in [-0.2, -0.15) is 0 Å². The van der Waals surface area contributed by atoms with Crippen molar-refractivity contribution in [1.29, 1.82) is 0 Å². The summed E-state index contributed by atoms with van der Waals surface area (Å²) in [5.74, 6) is 0.945. The molecular weight excluding hydrogens is 392 g/mol. The van der Waals surface area contributed by atoms with Gasteiger partial charge >= 0.3 is 0 Å². The quantitative estimate of drug-likeness (QED) is 0.359. The molecule has 0 fully saturated rings. The maximum absolute atomic E-state index is 9.05. The molecule has 2 aromatic heterocycles. The number of aliphatic hydroxyl groups is 1. The minimum absolute atomic E-state index is 0.183. The summed E-state index contributed by atoms with van der Waals surface area (Å²) in [6.07, 6.45) is 0.696. The molecule has 0 aliphatic carbocycles. The van der Waals surface area contributed by atoms with E-state index in [1.165, 1.54) is 22.5 Å². The normalized spacial score (nSPS) is 9.97. The molecule has 0 bridgehead atoms. The van der Waals surface area contributed by atoms with Gasteiger partial charge in [0.2, 0.25) is 0 Å². The van der Waals surface area contributed by atoms with Crippen LogP contribution in [-0.2, 0) is 6.42 Å². The summed E-state index contributed by atoms with van der Waals surface area (Å²) in [6.45, 7) is 12.4. The van der Waals surface area contributed by atoms with Gasteiger partial charge in [-0.3, -0.25) is 0 Å². The van der Waals surface area contributed by atoms with Gasteiger partial charge in [0.05, 0.1) is 5.69 Å². The molecule has 4 aromatic rings. The Morgan fingerprint density at radius 1 is 0.656 bits per heavy atom. The molecule has 2 aromatic carbocycles. The monoisotopic (exact) mass is 428 g/mol. The number of nitrogens with zero attached hydrogens (tertiary/aromatic N) is 2. The van der Waals surface area contributed by atoms with Crippen molar-refractivity contribution in [3.63, 3.8) is 0 Å². The molecule has 0 aliphatic heterocycles. The second-order valence-corrected chi connectivity index (χ2v) is 7.08. The molecule has 4 rings (SSSR count). The van der Waals surface area contributed by atoms with Crippen LogP contribution in [0, 0.1) is 13.8 Å². The van der Waals surface area contributed by atoms with Crippen LogP contribution in [0.2, 0.25) is 0 Å². The van der Waals surface area contributed by atoms with E-state index in [4.69, 9.17) is 10.1 Å². The Kier molecular flexibility index (Phi) is 9.90. The Hall–Kier alpha value is -3.17. The fraction of sp³-hybridized carbons (Fsp3) is 0.276. The molecule has 0 aliphatic rings. The van der Waals surface area contributed by atoms with Crippen molar-refractivity contribution >= 4 is 0 Å². The van der Waals surface area contributed by atoms with Crippen LogP contribution in [0.4, 0.5) is 0 Å². The summed E-state index contributed by atoms with van der Waals surface area (Å²) in [5, 5.41) is 9.05. The number of aryl methyl sites for hydroxylation is 2. The van der Waals surface area contributed by atoms with Crippen molar-refractivity contribution in [1.82, 2.24) is 9.55 Å². The lowest BCUT2D eigenvalue weighted by Crippen LogP contribution is -2.02. The Balaban J connectivity index is 0.000000860. The Morgan fingerprint density at radius 3 is 1.69 bits per heavy atom. The topological polar surface area (TPSA) is 38.0 Å². The molecule has 0 amide bonds. The largest absolute Gasteiger partial charge is 0.396 e. The van der Waals surface area contributed by atoms with Crippen molar-refractivity contribution in [3.8, 4) is 28.2 Å². The average molecular weight is 429 g/mol. The SMILES string of the molecule is CC.CC.Cc1ccc(C)n1-c1cccc(-c2ccc(-c3ccc(CCO)cc3)cc2)n1. The molecule has 0 spiro atoms. The number of pyridine rings is 1. The Labute approximate surface area is 193 Å². The molecule has 0 atom stereocenters. The smallest absolute Gasteiger partial charge is 0.137 e. The van der Waals surface area contributed by atoms with Crippen LogP contribution in [-0.4, -0.2) is 21.3 Å². The number of hydrogen-bond donors (Lipinski definition) is 1. The number of benzene rings is 2. The van der Waals surface area contributed by atoms with Crippen LogP contribution in [0.25, 0.3) is 28.2 Å². The van der Waals surface area contributed by atoms with Crippen molar-refractivity contribution in [2.24, 2.45) is 0 Å². The van der Waals surface area contributed by atoms with E-state index in [9.17, 15) is 0 Å². The number of aromatic nitrogens is 2. The van der Waals surface area contributed by atoms with Gasteiger partial charge in [0.1, 0.15) is 5.82 Å². The number of hydrogen-bond acceptors (Lipinski definition) is 2. The number of aliphatic hydroxyl groups excluding tert-OH is 1. The summed E-state index contributed by atoms with van der Waals surface area (Å²) in [4.78, 5) is 4.88. The molecule has 168 valence electrons. The molecule has 2 heterocycles. The highest BCUT2D eigenvalue weighted by Crippen LogP contribution is 2.25. The van der Waals surface area contributed by atoms with Crippen LogP contribution in [0.5, 0.6) is 0 Å². The van der Waals surface area contributed by atoms with Gasteiger partial charge in [-0.05, 0) is 61.2 Å². The van der Waals surface area contributed by atoms with E-state index < -0.39 is 0 Å². The average Bonchev–Trinajstić information content (AvgIpc) is 3.20. The van der Waals surface area contributed by atoms with E-state index >= 15 is 0 Å². The van der Waals surface area contributed by atoms with E-state index in [2.05, 4.69) is 91.2 Å². The van der Waals surface area contributed by atoms with E-state index in [1.807, 2.05) is 33.8 Å². The standard InChI is InChI=1S/C25H24N2O.2C2H6/c1-18-6-7-19(2)27(18)25-5-3-4-24(26-25)23-14-12-22(13-15-23)21-10-8-20(9-11-21)16-17-28;2*1-2/h3-15,28H,16-17H2,1-2H3;2*1-2H3. The second kappa shape index (κ2) is 12.6. The third-order valence-corrected chi connectivity index (χ3v) is 5.10. The summed E-state index contributed by atoms with van der Waals surface area (Å²) in [5.41, 5.74) is 7.93. The van der Waals surface area contributed by atoms with Crippen LogP contribution < -0.4 is 0 Å². The maximum atomic E-state index is 9.05. The van der Waals surface area contributed by atoms with E-state index in [-0.39, 0.29) is 6.61 Å². The third kappa shape index (κ3) is 5.95. The summed E-state index contributed by atoms with van der Waals surface area (Å²) in [6, 6.07) is 27.3. The molecule has 1 N–H and O–H groups in total.